The molecule has 20 heavy (non-hydrogen) atoms. The van der Waals surface area contributed by atoms with Gasteiger partial charge >= 0.3 is 0 Å². The van der Waals surface area contributed by atoms with E-state index in [-0.39, 0.29) is 5.91 Å². The summed E-state index contributed by atoms with van der Waals surface area (Å²) in [6.07, 6.45) is 1.68. The van der Waals surface area contributed by atoms with E-state index in [1.165, 1.54) is 22.6 Å². The Morgan fingerprint density at radius 3 is 2.70 bits per heavy atom. The highest BCUT2D eigenvalue weighted by Crippen LogP contribution is 2.19. The van der Waals surface area contributed by atoms with Crippen molar-refractivity contribution in [2.75, 3.05) is 31.1 Å². The minimum atomic E-state index is 0.0592. The van der Waals surface area contributed by atoms with Gasteiger partial charge in [-0.25, -0.2) is 4.98 Å². The molecule has 0 saturated carbocycles. The highest BCUT2D eigenvalue weighted by Gasteiger charge is 2.23. The molecule has 1 fully saturated rings. The lowest BCUT2D eigenvalue weighted by Crippen LogP contribution is -2.48. The van der Waals surface area contributed by atoms with Gasteiger partial charge in [0.1, 0.15) is 0 Å². The van der Waals surface area contributed by atoms with Gasteiger partial charge in [-0.15, -0.1) is 11.3 Å². The lowest BCUT2D eigenvalue weighted by molar-refractivity contribution is 0.0746. The molecule has 0 aliphatic carbocycles. The maximum Gasteiger partial charge on any atom is 0.282 e. The number of aromatic nitrogens is 1. The van der Waals surface area contributed by atoms with Gasteiger partial charge in [0.15, 0.2) is 5.01 Å². The molecular formula is C15H17N3OS. The van der Waals surface area contributed by atoms with Gasteiger partial charge in [0.05, 0.1) is 0 Å². The second kappa shape index (κ2) is 5.63. The summed E-state index contributed by atoms with van der Waals surface area (Å²) >= 11 is 1.41. The highest BCUT2D eigenvalue weighted by atomic mass is 32.1. The molecule has 1 aliphatic heterocycles. The summed E-state index contributed by atoms with van der Waals surface area (Å²) in [5.74, 6) is 0.0592. The third-order valence-corrected chi connectivity index (χ3v) is 4.31. The third-order valence-electron chi connectivity index (χ3n) is 3.55. The molecule has 2 heterocycles. The molecule has 3 rings (SSSR count). The molecule has 0 N–H and O–H groups in total. The molecule has 2 aromatic rings. The van der Waals surface area contributed by atoms with Gasteiger partial charge in [-0.05, 0) is 24.6 Å². The number of hydrogen-bond donors (Lipinski definition) is 0. The number of thiazole rings is 1. The van der Waals surface area contributed by atoms with Crippen LogP contribution in [-0.2, 0) is 0 Å². The van der Waals surface area contributed by atoms with Crippen molar-refractivity contribution in [3.63, 3.8) is 0 Å². The van der Waals surface area contributed by atoms with Crippen molar-refractivity contribution in [1.29, 1.82) is 0 Å². The third kappa shape index (κ3) is 2.67. The summed E-state index contributed by atoms with van der Waals surface area (Å²) < 4.78 is 0. The van der Waals surface area contributed by atoms with Crippen LogP contribution in [0.5, 0.6) is 0 Å². The topological polar surface area (TPSA) is 36.4 Å². The predicted molar refractivity (Wildman–Crippen MR) is 81.4 cm³/mol. The van der Waals surface area contributed by atoms with E-state index in [4.69, 9.17) is 0 Å². The zero-order valence-electron chi connectivity index (χ0n) is 11.5. The van der Waals surface area contributed by atoms with Crippen molar-refractivity contribution in [3.8, 4) is 0 Å². The average Bonchev–Trinajstić information content (AvgIpc) is 3.01. The molecule has 0 unspecified atom stereocenters. The smallest absolute Gasteiger partial charge is 0.282 e. The SMILES string of the molecule is Cc1cccc(N2CCN(C(=O)c3nccs3)CC2)c1. The van der Waals surface area contributed by atoms with Crippen LogP contribution in [0.1, 0.15) is 15.4 Å². The normalized spacial score (nSPS) is 15.4. The van der Waals surface area contributed by atoms with Crippen LogP contribution in [0, 0.1) is 6.92 Å². The van der Waals surface area contributed by atoms with Gasteiger partial charge in [0.2, 0.25) is 0 Å². The quantitative estimate of drug-likeness (QED) is 0.851. The number of anilines is 1. The number of rotatable bonds is 2. The van der Waals surface area contributed by atoms with E-state index in [9.17, 15) is 4.79 Å². The van der Waals surface area contributed by atoms with Crippen molar-refractivity contribution in [2.45, 2.75) is 6.92 Å². The molecule has 1 saturated heterocycles. The first kappa shape index (κ1) is 13.1. The number of piperazine rings is 1. The monoisotopic (exact) mass is 287 g/mol. The second-order valence-electron chi connectivity index (χ2n) is 4.96. The van der Waals surface area contributed by atoms with Crippen molar-refractivity contribution in [1.82, 2.24) is 9.88 Å². The molecule has 1 amide bonds. The standard InChI is InChI=1S/C15H17N3OS/c1-12-3-2-4-13(11-12)17-6-8-18(9-7-17)15(19)14-16-5-10-20-14/h2-5,10-11H,6-9H2,1H3. The molecule has 1 aliphatic rings. The molecule has 4 nitrogen and oxygen atoms in total. The number of aryl methyl sites for hydroxylation is 1. The van der Waals surface area contributed by atoms with E-state index in [1.807, 2.05) is 10.3 Å². The van der Waals surface area contributed by atoms with Gasteiger partial charge in [-0.2, -0.15) is 0 Å². The molecule has 1 aromatic carbocycles. The number of nitrogens with zero attached hydrogens (tertiary/aromatic N) is 3. The molecule has 0 radical (unpaired) electrons. The molecule has 104 valence electrons. The summed E-state index contributed by atoms with van der Waals surface area (Å²) in [6.45, 7) is 5.37. The molecule has 0 bridgehead atoms. The highest BCUT2D eigenvalue weighted by molar-refractivity contribution is 7.11. The minimum Gasteiger partial charge on any atom is -0.368 e. The van der Waals surface area contributed by atoms with Gasteiger partial charge in [-0.1, -0.05) is 12.1 Å². The molecule has 0 atom stereocenters. The fourth-order valence-electron chi connectivity index (χ4n) is 2.46. The van der Waals surface area contributed by atoms with Crippen LogP contribution >= 0.6 is 11.3 Å². The Bertz CT molecular complexity index is 589. The van der Waals surface area contributed by atoms with Crippen LogP contribution in [-0.4, -0.2) is 42.0 Å². The molecule has 1 aromatic heterocycles. The number of hydrogen-bond acceptors (Lipinski definition) is 4. The summed E-state index contributed by atoms with van der Waals surface area (Å²) in [5.41, 5.74) is 2.51. The van der Waals surface area contributed by atoms with E-state index < -0.39 is 0 Å². The Kier molecular flexibility index (Phi) is 3.69. The van der Waals surface area contributed by atoms with Crippen LogP contribution in [0.2, 0.25) is 0 Å². The lowest BCUT2D eigenvalue weighted by atomic mass is 10.2. The van der Waals surface area contributed by atoms with Gasteiger partial charge < -0.3 is 9.80 Å². The Balaban J connectivity index is 1.64. The van der Waals surface area contributed by atoms with Crippen molar-refractivity contribution in [3.05, 3.63) is 46.4 Å². The number of benzene rings is 1. The fraction of sp³-hybridized carbons (Fsp3) is 0.333. The summed E-state index contributed by atoms with van der Waals surface area (Å²) in [5, 5.41) is 2.44. The van der Waals surface area contributed by atoms with E-state index >= 15 is 0 Å². The zero-order chi connectivity index (χ0) is 13.9. The molecule has 0 spiro atoms. The first-order valence-corrected chi connectivity index (χ1v) is 7.62. The van der Waals surface area contributed by atoms with Crippen molar-refractivity contribution < 1.29 is 4.79 Å². The Morgan fingerprint density at radius 2 is 2.05 bits per heavy atom. The Morgan fingerprint density at radius 1 is 1.25 bits per heavy atom. The fourth-order valence-corrected chi connectivity index (χ4v) is 3.06. The maximum absolute atomic E-state index is 12.2. The first-order chi connectivity index (χ1) is 9.74. The van der Waals surface area contributed by atoms with Crippen LogP contribution in [0.4, 0.5) is 5.69 Å². The van der Waals surface area contributed by atoms with E-state index in [0.29, 0.717) is 5.01 Å². The number of carbonyl (C=O) groups excluding carboxylic acids is 1. The molecular weight excluding hydrogens is 270 g/mol. The average molecular weight is 287 g/mol. The summed E-state index contributed by atoms with van der Waals surface area (Å²) in [7, 11) is 0. The maximum atomic E-state index is 12.2. The van der Waals surface area contributed by atoms with Crippen LogP contribution in [0.3, 0.4) is 0 Å². The van der Waals surface area contributed by atoms with E-state index in [0.717, 1.165) is 26.2 Å². The van der Waals surface area contributed by atoms with Crippen LogP contribution in [0.25, 0.3) is 0 Å². The summed E-state index contributed by atoms with van der Waals surface area (Å²) in [4.78, 5) is 20.5. The van der Waals surface area contributed by atoms with Crippen LogP contribution < -0.4 is 4.90 Å². The predicted octanol–water partition coefficient (Wildman–Crippen LogP) is 2.41. The number of amides is 1. The van der Waals surface area contributed by atoms with Crippen LogP contribution in [0.15, 0.2) is 35.8 Å². The number of carbonyl (C=O) groups is 1. The minimum absolute atomic E-state index is 0.0592. The largest absolute Gasteiger partial charge is 0.368 e. The Hall–Kier alpha value is -1.88. The summed E-state index contributed by atoms with van der Waals surface area (Å²) in [6, 6.07) is 8.51. The van der Waals surface area contributed by atoms with Gasteiger partial charge in [0.25, 0.3) is 5.91 Å². The second-order valence-corrected chi connectivity index (χ2v) is 5.85. The van der Waals surface area contributed by atoms with Gasteiger partial charge in [0, 0.05) is 43.4 Å². The lowest BCUT2D eigenvalue weighted by Gasteiger charge is -2.35. The van der Waals surface area contributed by atoms with Crippen molar-refractivity contribution in [2.24, 2.45) is 0 Å². The zero-order valence-corrected chi connectivity index (χ0v) is 12.3. The van der Waals surface area contributed by atoms with Crippen molar-refractivity contribution >= 4 is 22.9 Å². The van der Waals surface area contributed by atoms with E-state index in [2.05, 4.69) is 41.1 Å². The first-order valence-electron chi connectivity index (χ1n) is 6.74. The van der Waals surface area contributed by atoms with E-state index in [1.54, 1.807) is 6.20 Å². The van der Waals surface area contributed by atoms with Gasteiger partial charge in [-0.3, -0.25) is 4.79 Å². The Labute approximate surface area is 122 Å². The molecule has 5 heteroatoms.